The molecule has 0 bridgehead atoms. The number of rotatable bonds is 3. The summed E-state index contributed by atoms with van der Waals surface area (Å²) in [6, 6.07) is 0.152. The number of carbonyl (C=O) groups excluding carboxylic acids is 2. The molecule has 102 valence electrons. The zero-order valence-corrected chi connectivity index (χ0v) is 11.3. The molecule has 2 amide bonds. The molecule has 2 fully saturated rings. The molecule has 0 aromatic carbocycles. The van der Waals surface area contributed by atoms with Crippen LogP contribution in [-0.2, 0) is 9.59 Å². The minimum absolute atomic E-state index is 0.00140. The monoisotopic (exact) mass is 271 g/mol. The SMILES string of the molecule is NC(=O)C1CCC(NC(=O)C2CSCCN2)CC1. The van der Waals surface area contributed by atoms with Gasteiger partial charge < -0.3 is 16.4 Å². The Bertz CT molecular complexity index is 310. The standard InChI is InChI=1S/C12H21N3O2S/c13-11(16)8-1-3-9(4-2-8)15-12(17)10-7-18-6-5-14-10/h8-10,14H,1-7H2,(H2,13,16)(H,15,17). The molecule has 1 heterocycles. The van der Waals surface area contributed by atoms with Crippen molar-refractivity contribution >= 4 is 23.6 Å². The van der Waals surface area contributed by atoms with E-state index in [0.717, 1.165) is 43.7 Å². The first kappa shape index (κ1) is 13.7. The minimum atomic E-state index is -0.204. The molecule has 1 aliphatic carbocycles. The molecule has 4 N–H and O–H groups in total. The van der Waals surface area contributed by atoms with Crippen LogP contribution in [0.2, 0.25) is 0 Å². The molecule has 0 radical (unpaired) electrons. The Morgan fingerprint density at radius 1 is 1.22 bits per heavy atom. The molecule has 1 saturated carbocycles. The first-order valence-corrected chi connectivity index (χ1v) is 7.73. The number of nitrogens with one attached hydrogen (secondary N) is 2. The fourth-order valence-corrected chi connectivity index (χ4v) is 3.49. The first-order chi connectivity index (χ1) is 8.66. The van der Waals surface area contributed by atoms with Gasteiger partial charge in [0.05, 0.1) is 6.04 Å². The summed E-state index contributed by atoms with van der Waals surface area (Å²) in [6.45, 7) is 0.900. The first-order valence-electron chi connectivity index (χ1n) is 6.57. The normalized spacial score (nSPS) is 32.8. The van der Waals surface area contributed by atoms with E-state index in [1.54, 1.807) is 0 Å². The van der Waals surface area contributed by atoms with E-state index in [4.69, 9.17) is 5.73 Å². The van der Waals surface area contributed by atoms with Gasteiger partial charge >= 0.3 is 0 Å². The molecular formula is C12H21N3O2S. The second kappa shape index (κ2) is 6.43. The van der Waals surface area contributed by atoms with Gasteiger partial charge in [-0.25, -0.2) is 0 Å². The fraction of sp³-hybridized carbons (Fsp3) is 0.833. The Morgan fingerprint density at radius 3 is 2.50 bits per heavy atom. The number of hydrogen-bond acceptors (Lipinski definition) is 4. The molecule has 18 heavy (non-hydrogen) atoms. The zero-order chi connectivity index (χ0) is 13.0. The summed E-state index contributed by atoms with van der Waals surface area (Å²) in [5.74, 6) is 1.83. The molecule has 2 aliphatic rings. The predicted molar refractivity (Wildman–Crippen MR) is 72.2 cm³/mol. The highest BCUT2D eigenvalue weighted by Gasteiger charge is 2.28. The number of amides is 2. The Kier molecular flexibility index (Phi) is 4.88. The Balaban J connectivity index is 1.73. The topological polar surface area (TPSA) is 84.2 Å². The molecule has 6 heteroatoms. The van der Waals surface area contributed by atoms with Crippen molar-refractivity contribution in [3.8, 4) is 0 Å². The lowest BCUT2D eigenvalue weighted by Gasteiger charge is -2.30. The molecule has 0 aromatic rings. The van der Waals surface area contributed by atoms with Crippen molar-refractivity contribution in [1.29, 1.82) is 0 Å². The van der Waals surface area contributed by atoms with Crippen LogP contribution in [0.25, 0.3) is 0 Å². The van der Waals surface area contributed by atoms with Gasteiger partial charge in [-0.1, -0.05) is 0 Å². The van der Waals surface area contributed by atoms with Gasteiger partial charge in [0.25, 0.3) is 0 Å². The fourth-order valence-electron chi connectivity index (χ4n) is 2.56. The second-order valence-corrected chi connectivity index (χ2v) is 6.19. The summed E-state index contributed by atoms with van der Waals surface area (Å²) in [5.41, 5.74) is 5.29. The van der Waals surface area contributed by atoms with Crippen LogP contribution in [-0.4, -0.2) is 41.9 Å². The molecule has 1 atom stereocenters. The van der Waals surface area contributed by atoms with Crippen molar-refractivity contribution in [2.45, 2.75) is 37.8 Å². The zero-order valence-electron chi connectivity index (χ0n) is 10.5. The van der Waals surface area contributed by atoms with Crippen molar-refractivity contribution in [3.05, 3.63) is 0 Å². The molecule has 5 nitrogen and oxygen atoms in total. The minimum Gasteiger partial charge on any atom is -0.369 e. The largest absolute Gasteiger partial charge is 0.369 e. The van der Waals surface area contributed by atoms with E-state index in [1.807, 2.05) is 11.8 Å². The highest BCUT2D eigenvalue weighted by atomic mass is 32.2. The number of thioether (sulfide) groups is 1. The highest BCUT2D eigenvalue weighted by Crippen LogP contribution is 2.24. The van der Waals surface area contributed by atoms with Gasteiger partial charge in [-0.3, -0.25) is 9.59 Å². The summed E-state index contributed by atoms with van der Waals surface area (Å²) in [5, 5.41) is 6.31. The van der Waals surface area contributed by atoms with Crippen LogP contribution in [0.3, 0.4) is 0 Å². The smallest absolute Gasteiger partial charge is 0.238 e. The maximum Gasteiger partial charge on any atom is 0.238 e. The van der Waals surface area contributed by atoms with Crippen molar-refractivity contribution in [2.24, 2.45) is 11.7 Å². The van der Waals surface area contributed by atoms with Crippen LogP contribution in [0, 0.1) is 5.92 Å². The van der Waals surface area contributed by atoms with Crippen LogP contribution >= 0.6 is 11.8 Å². The summed E-state index contributed by atoms with van der Waals surface area (Å²) < 4.78 is 0. The number of carbonyl (C=O) groups is 2. The quantitative estimate of drug-likeness (QED) is 0.666. The third-order valence-corrected chi connectivity index (χ3v) is 4.78. The third-order valence-electron chi connectivity index (χ3n) is 3.71. The molecule has 1 unspecified atom stereocenters. The lowest BCUT2D eigenvalue weighted by atomic mass is 9.85. The number of hydrogen-bond donors (Lipinski definition) is 3. The average Bonchev–Trinajstić information content (AvgIpc) is 2.40. The van der Waals surface area contributed by atoms with E-state index >= 15 is 0 Å². The van der Waals surface area contributed by atoms with Crippen LogP contribution in [0.4, 0.5) is 0 Å². The maximum absolute atomic E-state index is 12.0. The van der Waals surface area contributed by atoms with Gasteiger partial charge in [0.2, 0.25) is 11.8 Å². The lowest BCUT2D eigenvalue weighted by Crippen LogP contribution is -2.52. The summed E-state index contributed by atoms with van der Waals surface area (Å²) in [7, 11) is 0. The highest BCUT2D eigenvalue weighted by molar-refractivity contribution is 7.99. The summed E-state index contributed by atoms with van der Waals surface area (Å²) >= 11 is 1.81. The summed E-state index contributed by atoms with van der Waals surface area (Å²) in [6.07, 6.45) is 3.32. The molecular weight excluding hydrogens is 250 g/mol. The number of primary amides is 1. The lowest BCUT2D eigenvalue weighted by molar-refractivity contribution is -0.124. The van der Waals surface area contributed by atoms with Gasteiger partial charge in [0, 0.05) is 30.0 Å². The molecule has 1 aliphatic heterocycles. The van der Waals surface area contributed by atoms with E-state index in [-0.39, 0.29) is 29.8 Å². The predicted octanol–water partition coefficient (Wildman–Crippen LogP) is -0.148. The van der Waals surface area contributed by atoms with Crippen LogP contribution in [0.15, 0.2) is 0 Å². The molecule has 1 saturated heterocycles. The van der Waals surface area contributed by atoms with Crippen molar-refractivity contribution in [2.75, 3.05) is 18.1 Å². The van der Waals surface area contributed by atoms with Crippen molar-refractivity contribution < 1.29 is 9.59 Å². The van der Waals surface area contributed by atoms with E-state index in [9.17, 15) is 9.59 Å². The van der Waals surface area contributed by atoms with Gasteiger partial charge in [0.1, 0.15) is 0 Å². The molecule has 0 aromatic heterocycles. The summed E-state index contributed by atoms with van der Waals surface area (Å²) in [4.78, 5) is 23.1. The number of nitrogens with two attached hydrogens (primary N) is 1. The third kappa shape index (κ3) is 3.62. The maximum atomic E-state index is 12.0. The Hall–Kier alpha value is -0.750. The Morgan fingerprint density at radius 2 is 1.94 bits per heavy atom. The van der Waals surface area contributed by atoms with Gasteiger partial charge in [-0.05, 0) is 25.7 Å². The van der Waals surface area contributed by atoms with Gasteiger partial charge in [0.15, 0.2) is 0 Å². The van der Waals surface area contributed by atoms with E-state index in [1.165, 1.54) is 0 Å². The van der Waals surface area contributed by atoms with Gasteiger partial charge in [-0.2, -0.15) is 11.8 Å². The van der Waals surface area contributed by atoms with Gasteiger partial charge in [-0.15, -0.1) is 0 Å². The van der Waals surface area contributed by atoms with E-state index in [2.05, 4.69) is 10.6 Å². The average molecular weight is 271 g/mol. The molecule has 0 spiro atoms. The van der Waals surface area contributed by atoms with E-state index < -0.39 is 0 Å². The van der Waals surface area contributed by atoms with Crippen LogP contribution < -0.4 is 16.4 Å². The van der Waals surface area contributed by atoms with E-state index in [0.29, 0.717) is 0 Å². The molecule has 2 rings (SSSR count). The van der Waals surface area contributed by atoms with Crippen molar-refractivity contribution in [1.82, 2.24) is 10.6 Å². The Labute approximate surface area is 112 Å². The second-order valence-electron chi connectivity index (χ2n) is 5.04. The van der Waals surface area contributed by atoms with Crippen LogP contribution in [0.5, 0.6) is 0 Å². The van der Waals surface area contributed by atoms with Crippen LogP contribution in [0.1, 0.15) is 25.7 Å². The van der Waals surface area contributed by atoms with Crippen molar-refractivity contribution in [3.63, 3.8) is 0 Å².